The molecule has 4 rings (SSSR count). The van der Waals surface area contributed by atoms with E-state index in [4.69, 9.17) is 4.74 Å². The molecule has 0 aliphatic rings. The average Bonchev–Trinajstić information content (AvgIpc) is 2.80. The van der Waals surface area contributed by atoms with Crippen LogP contribution in [-0.4, -0.2) is 20.5 Å². The largest absolute Gasteiger partial charge is 0.497 e. The van der Waals surface area contributed by atoms with E-state index in [0.29, 0.717) is 21.3 Å². The Morgan fingerprint density at radius 1 is 0.750 bits per heavy atom. The lowest BCUT2D eigenvalue weighted by Gasteiger charge is -2.27. The van der Waals surface area contributed by atoms with Gasteiger partial charge in [0.2, 0.25) is 0 Å². The molecule has 0 unspecified atom stereocenters. The van der Waals surface area contributed by atoms with Crippen LogP contribution in [0, 0.1) is 0 Å². The van der Waals surface area contributed by atoms with Crippen molar-refractivity contribution in [3.05, 3.63) is 103 Å². The van der Waals surface area contributed by atoms with Gasteiger partial charge >= 0.3 is 8.41 Å². The van der Waals surface area contributed by atoms with Gasteiger partial charge < -0.3 is 4.74 Å². The van der Waals surface area contributed by atoms with Crippen LogP contribution in [-0.2, 0) is 0 Å². The van der Waals surface area contributed by atoms with Gasteiger partial charge in [-0.25, -0.2) is 0 Å². The molecule has 1 heterocycles. The quantitative estimate of drug-likeness (QED) is 0.297. The van der Waals surface area contributed by atoms with Crippen LogP contribution in [0.25, 0.3) is 11.3 Å². The number of aromatic nitrogens is 1. The van der Waals surface area contributed by atoms with Crippen LogP contribution < -0.4 is 20.3 Å². The molecule has 0 bridgehead atoms. The highest BCUT2D eigenvalue weighted by atomic mass is 28.4. The Morgan fingerprint density at radius 2 is 1.36 bits per heavy atom. The normalized spacial score (nSPS) is 11.2. The van der Waals surface area contributed by atoms with E-state index in [9.17, 15) is 0 Å². The van der Waals surface area contributed by atoms with Gasteiger partial charge in [-0.15, -0.1) is 0 Å². The van der Waals surface area contributed by atoms with E-state index in [1.54, 1.807) is 13.3 Å². The van der Waals surface area contributed by atoms with E-state index in [1.165, 1.54) is 0 Å². The number of ether oxygens (including phenoxy) is 1. The second-order valence-corrected chi connectivity index (χ2v) is 9.53. The second-order valence-electron chi connectivity index (χ2n) is 6.52. The summed E-state index contributed by atoms with van der Waals surface area (Å²) >= 11 is 0. The predicted molar refractivity (Wildman–Crippen MR) is 115 cm³/mol. The number of hydrogen-bond acceptors (Lipinski definition) is 2. The van der Waals surface area contributed by atoms with Gasteiger partial charge in [0.15, 0.2) is 0 Å². The van der Waals surface area contributed by atoms with Gasteiger partial charge in [0.25, 0.3) is 0 Å². The molecule has 0 aliphatic heterocycles. The third-order valence-electron chi connectivity index (χ3n) is 4.88. The summed E-state index contributed by atoms with van der Waals surface area (Å²) in [5, 5.41) is 2.04. The Labute approximate surface area is 165 Å². The number of rotatable bonds is 5. The van der Waals surface area contributed by atoms with E-state index in [2.05, 4.69) is 4.98 Å². The molecule has 0 radical (unpaired) electrons. The molecular formula is C24H20FNOSi. The molecular weight excluding hydrogens is 365 g/mol. The minimum atomic E-state index is -3.77. The lowest BCUT2D eigenvalue weighted by Crippen LogP contribution is -2.64. The Bertz CT molecular complexity index is 1020. The lowest BCUT2D eigenvalue weighted by atomic mass is 10.1. The first-order valence-electron chi connectivity index (χ1n) is 9.13. The van der Waals surface area contributed by atoms with Crippen molar-refractivity contribution in [3.63, 3.8) is 0 Å². The average molecular weight is 386 g/mol. The minimum Gasteiger partial charge on any atom is -0.497 e. The summed E-state index contributed by atoms with van der Waals surface area (Å²) < 4.78 is 22.8. The fourth-order valence-corrected chi connectivity index (χ4v) is 6.68. The van der Waals surface area contributed by atoms with Gasteiger partial charge in [-0.2, -0.15) is 0 Å². The molecule has 0 N–H and O–H groups in total. The third-order valence-corrected chi connectivity index (χ3v) is 8.30. The Morgan fingerprint density at radius 3 is 1.89 bits per heavy atom. The summed E-state index contributed by atoms with van der Waals surface area (Å²) in [6.07, 6.45) is 1.73. The molecule has 0 spiro atoms. The van der Waals surface area contributed by atoms with Crippen molar-refractivity contribution < 1.29 is 8.84 Å². The molecule has 28 heavy (non-hydrogen) atoms. The van der Waals surface area contributed by atoms with Gasteiger partial charge in [-0.3, -0.25) is 9.09 Å². The standard InChI is InChI=1S/C24H20FNOSi/c1-27-19-15-16-22(23-14-8-9-17-26-23)24(18-19)28(25,20-10-4-2-5-11-20)21-12-6-3-7-13-21/h2-18H,1H3. The molecule has 3 aromatic carbocycles. The minimum absolute atomic E-state index is 0.635. The maximum atomic E-state index is 17.3. The summed E-state index contributed by atoms with van der Waals surface area (Å²) in [7, 11) is -2.17. The van der Waals surface area contributed by atoms with Gasteiger partial charge in [-0.1, -0.05) is 66.7 Å². The third kappa shape index (κ3) is 3.23. The van der Waals surface area contributed by atoms with Crippen LogP contribution in [0.3, 0.4) is 0 Å². The van der Waals surface area contributed by atoms with Crippen LogP contribution in [0.15, 0.2) is 103 Å². The highest BCUT2D eigenvalue weighted by molar-refractivity contribution is 7.07. The van der Waals surface area contributed by atoms with Crippen LogP contribution >= 0.6 is 0 Å². The topological polar surface area (TPSA) is 22.1 Å². The molecule has 0 atom stereocenters. The van der Waals surface area contributed by atoms with Gasteiger partial charge in [0.1, 0.15) is 5.75 Å². The summed E-state index contributed by atoms with van der Waals surface area (Å²) in [5.74, 6) is 0.635. The van der Waals surface area contributed by atoms with E-state index in [0.717, 1.165) is 11.3 Å². The van der Waals surface area contributed by atoms with E-state index in [-0.39, 0.29) is 0 Å². The summed E-state index contributed by atoms with van der Waals surface area (Å²) in [5.41, 5.74) is 1.55. The monoisotopic (exact) mass is 385 g/mol. The fourth-order valence-electron chi connectivity index (χ4n) is 3.49. The molecule has 4 heteroatoms. The van der Waals surface area contributed by atoms with E-state index >= 15 is 4.11 Å². The number of hydrogen-bond donors (Lipinski definition) is 0. The van der Waals surface area contributed by atoms with Crippen LogP contribution in [0.1, 0.15) is 0 Å². The van der Waals surface area contributed by atoms with Crippen molar-refractivity contribution in [2.75, 3.05) is 7.11 Å². The Balaban J connectivity index is 2.05. The maximum absolute atomic E-state index is 17.3. The number of methoxy groups -OCH3 is 1. The van der Waals surface area contributed by atoms with Crippen LogP contribution in [0.4, 0.5) is 4.11 Å². The highest BCUT2D eigenvalue weighted by Gasteiger charge is 2.43. The first kappa shape index (κ1) is 18.1. The Hall–Kier alpha value is -3.24. The zero-order valence-electron chi connectivity index (χ0n) is 15.5. The maximum Gasteiger partial charge on any atom is 0.340 e. The van der Waals surface area contributed by atoms with E-state index < -0.39 is 8.41 Å². The smallest absolute Gasteiger partial charge is 0.340 e. The molecule has 0 fully saturated rings. The van der Waals surface area contributed by atoms with Crippen molar-refractivity contribution in [2.45, 2.75) is 0 Å². The lowest BCUT2D eigenvalue weighted by molar-refractivity contribution is 0.415. The van der Waals surface area contributed by atoms with Gasteiger partial charge in [-0.05, 0) is 45.9 Å². The van der Waals surface area contributed by atoms with E-state index in [1.807, 2.05) is 97.1 Å². The van der Waals surface area contributed by atoms with Crippen molar-refractivity contribution in [1.82, 2.24) is 4.98 Å². The second kappa shape index (κ2) is 7.78. The zero-order valence-corrected chi connectivity index (χ0v) is 16.5. The van der Waals surface area contributed by atoms with Crippen molar-refractivity contribution in [3.8, 4) is 17.0 Å². The molecule has 0 saturated heterocycles. The SMILES string of the molecule is COc1ccc(-c2ccccn2)c([Si](F)(c2ccccc2)c2ccccc2)c1. The highest BCUT2D eigenvalue weighted by Crippen LogP contribution is 2.23. The Kier molecular flexibility index (Phi) is 5.04. The molecule has 0 amide bonds. The first-order valence-corrected chi connectivity index (χ1v) is 11.0. The first-order chi connectivity index (χ1) is 13.7. The number of halogens is 1. The van der Waals surface area contributed by atoms with Crippen molar-refractivity contribution >= 4 is 24.0 Å². The number of nitrogens with zero attached hydrogens (tertiary/aromatic N) is 1. The molecule has 0 saturated carbocycles. The molecule has 4 aromatic rings. The molecule has 138 valence electrons. The molecule has 2 nitrogen and oxygen atoms in total. The summed E-state index contributed by atoms with van der Waals surface area (Å²) in [6, 6.07) is 30.2. The number of benzene rings is 3. The van der Waals surface area contributed by atoms with Crippen molar-refractivity contribution in [2.24, 2.45) is 0 Å². The summed E-state index contributed by atoms with van der Waals surface area (Å²) in [6.45, 7) is 0. The number of pyridine rings is 1. The molecule has 0 aliphatic carbocycles. The predicted octanol–water partition coefficient (Wildman–Crippen LogP) is 3.69. The van der Waals surface area contributed by atoms with Crippen LogP contribution in [0.5, 0.6) is 5.75 Å². The zero-order chi connectivity index (χ0) is 19.4. The van der Waals surface area contributed by atoms with Gasteiger partial charge in [0.05, 0.1) is 12.8 Å². The van der Waals surface area contributed by atoms with Crippen LogP contribution in [0.2, 0.25) is 0 Å². The fraction of sp³-hybridized carbons (Fsp3) is 0.0417. The van der Waals surface area contributed by atoms with Gasteiger partial charge in [0, 0.05) is 11.8 Å². The molecule has 1 aromatic heterocycles. The van der Waals surface area contributed by atoms with Crippen molar-refractivity contribution in [1.29, 1.82) is 0 Å². The summed E-state index contributed by atoms with van der Waals surface area (Å²) in [4.78, 5) is 4.48.